The predicted molar refractivity (Wildman–Crippen MR) is 74.0 cm³/mol. The van der Waals surface area contributed by atoms with Crippen LogP contribution < -0.4 is 0 Å². The maximum Gasteiger partial charge on any atom is 0.214 e. The van der Waals surface area contributed by atoms with Gasteiger partial charge in [-0.05, 0) is 25.3 Å². The highest BCUT2D eigenvalue weighted by Crippen LogP contribution is 2.26. The minimum absolute atomic E-state index is 0.388. The van der Waals surface area contributed by atoms with E-state index in [-0.39, 0.29) is 0 Å². The van der Waals surface area contributed by atoms with Crippen molar-refractivity contribution in [3.05, 3.63) is 0 Å². The summed E-state index contributed by atoms with van der Waals surface area (Å²) >= 11 is 0. The van der Waals surface area contributed by atoms with Crippen molar-refractivity contribution in [2.24, 2.45) is 5.92 Å². The van der Waals surface area contributed by atoms with Crippen LogP contribution in [0.1, 0.15) is 39.0 Å². The Morgan fingerprint density at radius 1 is 1.00 bits per heavy atom. The van der Waals surface area contributed by atoms with Crippen molar-refractivity contribution in [2.75, 3.05) is 38.5 Å². The molecule has 0 radical (unpaired) electrons. The summed E-state index contributed by atoms with van der Waals surface area (Å²) in [4.78, 5) is 2.31. The minimum atomic E-state index is -3.01. The number of piperazine rings is 1. The van der Waals surface area contributed by atoms with Gasteiger partial charge in [0.25, 0.3) is 0 Å². The third-order valence-corrected chi connectivity index (χ3v) is 6.39. The van der Waals surface area contributed by atoms with Crippen molar-refractivity contribution in [3.63, 3.8) is 0 Å². The van der Waals surface area contributed by atoms with E-state index in [2.05, 4.69) is 11.8 Å². The Kier molecular flexibility index (Phi) is 5.04. The molecule has 4 nitrogen and oxygen atoms in total. The van der Waals surface area contributed by atoms with Gasteiger partial charge >= 0.3 is 0 Å². The third kappa shape index (κ3) is 3.68. The van der Waals surface area contributed by atoms with Gasteiger partial charge in [-0.25, -0.2) is 8.42 Å². The molecule has 0 unspecified atom stereocenters. The zero-order valence-corrected chi connectivity index (χ0v) is 12.3. The van der Waals surface area contributed by atoms with Gasteiger partial charge in [0.05, 0.1) is 5.75 Å². The van der Waals surface area contributed by atoms with Crippen molar-refractivity contribution >= 4 is 10.0 Å². The number of sulfonamides is 1. The highest BCUT2D eigenvalue weighted by Gasteiger charge is 2.29. The number of hydrogen-bond acceptors (Lipinski definition) is 3. The summed E-state index contributed by atoms with van der Waals surface area (Å²) in [7, 11) is -3.01. The van der Waals surface area contributed by atoms with Gasteiger partial charge in [-0.2, -0.15) is 4.31 Å². The van der Waals surface area contributed by atoms with Crippen LogP contribution in [0.15, 0.2) is 0 Å². The molecule has 0 atom stereocenters. The van der Waals surface area contributed by atoms with Gasteiger partial charge in [0.1, 0.15) is 0 Å². The molecule has 0 spiro atoms. The van der Waals surface area contributed by atoms with Crippen LogP contribution in [0.3, 0.4) is 0 Å². The van der Waals surface area contributed by atoms with Crippen LogP contribution in [0.25, 0.3) is 0 Å². The molecule has 1 heterocycles. The van der Waals surface area contributed by atoms with Crippen molar-refractivity contribution in [2.45, 2.75) is 39.0 Å². The van der Waals surface area contributed by atoms with E-state index in [0.29, 0.717) is 24.8 Å². The van der Waals surface area contributed by atoms with Crippen LogP contribution in [-0.4, -0.2) is 56.1 Å². The molecule has 1 saturated heterocycles. The lowest BCUT2D eigenvalue weighted by Gasteiger charge is -2.34. The summed E-state index contributed by atoms with van der Waals surface area (Å²) in [6.07, 6.45) is 5.92. The van der Waals surface area contributed by atoms with Crippen LogP contribution in [0, 0.1) is 5.92 Å². The largest absolute Gasteiger partial charge is 0.301 e. The fourth-order valence-corrected chi connectivity index (χ4v) is 4.94. The van der Waals surface area contributed by atoms with E-state index in [0.717, 1.165) is 32.5 Å². The van der Waals surface area contributed by atoms with E-state index >= 15 is 0 Å². The van der Waals surface area contributed by atoms with Gasteiger partial charge < -0.3 is 4.90 Å². The van der Waals surface area contributed by atoms with Gasteiger partial charge in [0.15, 0.2) is 0 Å². The van der Waals surface area contributed by atoms with Crippen LogP contribution in [0.4, 0.5) is 0 Å². The Hall–Kier alpha value is -0.130. The van der Waals surface area contributed by atoms with E-state index in [1.54, 1.807) is 4.31 Å². The zero-order chi connectivity index (χ0) is 13.0. The monoisotopic (exact) mass is 274 g/mol. The van der Waals surface area contributed by atoms with Crippen LogP contribution in [0.5, 0.6) is 0 Å². The molecular weight excluding hydrogens is 248 g/mol. The van der Waals surface area contributed by atoms with E-state index < -0.39 is 10.0 Å². The molecule has 5 heteroatoms. The fourth-order valence-electron chi connectivity index (χ4n) is 3.08. The van der Waals surface area contributed by atoms with E-state index in [9.17, 15) is 8.42 Å². The Bertz CT molecular complexity index is 342. The molecule has 2 fully saturated rings. The van der Waals surface area contributed by atoms with E-state index in [1.165, 1.54) is 19.3 Å². The van der Waals surface area contributed by atoms with E-state index in [4.69, 9.17) is 0 Å². The highest BCUT2D eigenvalue weighted by atomic mass is 32.2. The predicted octanol–water partition coefficient (Wildman–Crippen LogP) is 1.53. The summed E-state index contributed by atoms with van der Waals surface area (Å²) in [5.41, 5.74) is 0. The van der Waals surface area contributed by atoms with Crippen LogP contribution >= 0.6 is 0 Å². The summed E-state index contributed by atoms with van der Waals surface area (Å²) in [5.74, 6) is 0.798. The lowest BCUT2D eigenvalue weighted by Crippen LogP contribution is -2.49. The second kappa shape index (κ2) is 6.35. The molecule has 0 aromatic carbocycles. The summed E-state index contributed by atoms with van der Waals surface area (Å²) in [6, 6.07) is 0. The van der Waals surface area contributed by atoms with Gasteiger partial charge in [-0.1, -0.05) is 26.2 Å². The Balaban J connectivity index is 1.86. The minimum Gasteiger partial charge on any atom is -0.301 e. The second-order valence-electron chi connectivity index (χ2n) is 5.62. The fraction of sp³-hybridized carbons (Fsp3) is 1.00. The number of nitrogens with zero attached hydrogens (tertiary/aromatic N) is 2. The smallest absolute Gasteiger partial charge is 0.214 e. The molecule has 0 aromatic heterocycles. The Morgan fingerprint density at radius 2 is 1.61 bits per heavy atom. The molecule has 0 aromatic rings. The highest BCUT2D eigenvalue weighted by molar-refractivity contribution is 7.89. The topological polar surface area (TPSA) is 40.6 Å². The average Bonchev–Trinajstić information content (AvgIpc) is 2.39. The molecule has 1 aliphatic carbocycles. The first-order valence-electron chi connectivity index (χ1n) is 7.32. The normalized spacial score (nSPS) is 25.4. The first-order chi connectivity index (χ1) is 8.62. The standard InChI is InChI=1S/C13H26N2O2S/c1-2-14-8-10-15(11-9-14)18(16,17)12-13-6-4-3-5-7-13/h13H,2-12H2,1H3. The Labute approximate surface area is 111 Å². The van der Waals surface area contributed by atoms with Gasteiger partial charge in [0, 0.05) is 26.2 Å². The lowest BCUT2D eigenvalue weighted by molar-refractivity contribution is 0.195. The summed E-state index contributed by atoms with van der Waals surface area (Å²) < 4.78 is 26.4. The molecule has 0 amide bonds. The average molecular weight is 274 g/mol. The van der Waals surface area contributed by atoms with Gasteiger partial charge in [0.2, 0.25) is 10.0 Å². The molecule has 1 aliphatic heterocycles. The quantitative estimate of drug-likeness (QED) is 0.780. The molecule has 0 bridgehead atoms. The first-order valence-corrected chi connectivity index (χ1v) is 8.93. The lowest BCUT2D eigenvalue weighted by atomic mass is 9.91. The number of rotatable bonds is 4. The SMILES string of the molecule is CCN1CCN(S(=O)(=O)CC2CCCCC2)CC1. The first kappa shape index (κ1) is 14.3. The molecular formula is C13H26N2O2S. The van der Waals surface area contributed by atoms with Gasteiger partial charge in [-0.15, -0.1) is 0 Å². The van der Waals surface area contributed by atoms with Crippen LogP contribution in [0.2, 0.25) is 0 Å². The third-order valence-electron chi connectivity index (χ3n) is 4.34. The van der Waals surface area contributed by atoms with E-state index in [1.807, 2.05) is 0 Å². The van der Waals surface area contributed by atoms with Crippen molar-refractivity contribution in [1.82, 2.24) is 9.21 Å². The second-order valence-corrected chi connectivity index (χ2v) is 7.63. The Morgan fingerprint density at radius 3 is 2.17 bits per heavy atom. The van der Waals surface area contributed by atoms with Crippen molar-refractivity contribution in [3.8, 4) is 0 Å². The maximum atomic E-state index is 12.4. The van der Waals surface area contributed by atoms with Crippen molar-refractivity contribution < 1.29 is 8.42 Å². The number of hydrogen-bond donors (Lipinski definition) is 0. The zero-order valence-electron chi connectivity index (χ0n) is 11.5. The molecule has 2 aliphatic rings. The van der Waals surface area contributed by atoms with Gasteiger partial charge in [-0.3, -0.25) is 0 Å². The maximum absolute atomic E-state index is 12.4. The van der Waals surface area contributed by atoms with Crippen LogP contribution in [-0.2, 0) is 10.0 Å². The summed E-state index contributed by atoms with van der Waals surface area (Å²) in [5, 5.41) is 0. The molecule has 1 saturated carbocycles. The molecule has 0 N–H and O–H groups in total. The summed E-state index contributed by atoms with van der Waals surface area (Å²) in [6.45, 7) is 6.30. The molecule has 18 heavy (non-hydrogen) atoms. The van der Waals surface area contributed by atoms with Crippen molar-refractivity contribution in [1.29, 1.82) is 0 Å². The molecule has 2 rings (SSSR count). The number of likely N-dealkylation sites (N-methyl/N-ethyl adjacent to an activating group) is 1. The molecule has 106 valence electrons.